The zero-order valence-electron chi connectivity index (χ0n) is 10.8. The topological polar surface area (TPSA) is 67.5 Å². The van der Waals surface area contributed by atoms with Gasteiger partial charge < -0.3 is 11.1 Å². The van der Waals surface area contributed by atoms with Crippen LogP contribution in [0, 0.1) is 5.92 Å². The molecule has 2 rings (SSSR count). The molecule has 1 aliphatic heterocycles. The molecule has 4 nitrogen and oxygen atoms in total. The molecule has 0 radical (unpaired) electrons. The normalized spacial score (nSPS) is 19.0. The number of carbonyl (C=O) groups is 1. The quantitative estimate of drug-likeness (QED) is 0.856. The Hall–Kier alpha value is -1.68. The second-order valence-corrected chi connectivity index (χ2v) is 4.99. The van der Waals surface area contributed by atoms with Gasteiger partial charge in [0.15, 0.2) is 6.17 Å². The Labute approximate surface area is 107 Å². The number of benzodiazepines with no additional fused rings is 1. The van der Waals surface area contributed by atoms with Crippen molar-refractivity contribution in [1.29, 1.82) is 0 Å². The smallest absolute Gasteiger partial charge is 0.263 e. The van der Waals surface area contributed by atoms with Crippen molar-refractivity contribution in [1.82, 2.24) is 0 Å². The van der Waals surface area contributed by atoms with Gasteiger partial charge in [-0.05, 0) is 24.8 Å². The van der Waals surface area contributed by atoms with Gasteiger partial charge >= 0.3 is 0 Å². The van der Waals surface area contributed by atoms with Crippen LogP contribution in [-0.4, -0.2) is 17.8 Å². The average molecular weight is 245 g/mol. The fourth-order valence-electron chi connectivity index (χ4n) is 1.97. The van der Waals surface area contributed by atoms with Crippen LogP contribution in [0.5, 0.6) is 0 Å². The Morgan fingerprint density at radius 3 is 2.83 bits per heavy atom. The summed E-state index contributed by atoms with van der Waals surface area (Å²) in [7, 11) is 0. The van der Waals surface area contributed by atoms with E-state index in [-0.39, 0.29) is 5.91 Å². The van der Waals surface area contributed by atoms with E-state index in [2.05, 4.69) is 24.2 Å². The van der Waals surface area contributed by atoms with Crippen LogP contribution in [-0.2, 0) is 4.79 Å². The molecule has 0 fully saturated rings. The molecule has 0 bridgehead atoms. The average Bonchev–Trinajstić information content (AvgIpc) is 2.45. The van der Waals surface area contributed by atoms with E-state index in [1.54, 1.807) is 0 Å². The molecule has 1 aromatic rings. The second-order valence-electron chi connectivity index (χ2n) is 4.99. The van der Waals surface area contributed by atoms with Gasteiger partial charge in [-0.3, -0.25) is 9.79 Å². The summed E-state index contributed by atoms with van der Waals surface area (Å²) in [5, 5.41) is 2.81. The van der Waals surface area contributed by atoms with Gasteiger partial charge in [0.25, 0.3) is 5.91 Å². The van der Waals surface area contributed by atoms with Crippen LogP contribution in [0.2, 0.25) is 0 Å². The third-order valence-electron chi connectivity index (χ3n) is 3.02. The number of nitrogens with two attached hydrogens (primary N) is 1. The molecule has 0 aliphatic carbocycles. The lowest BCUT2D eigenvalue weighted by molar-refractivity contribution is -0.117. The number of anilines is 1. The molecule has 0 saturated heterocycles. The number of nitrogens with zero attached hydrogens (tertiary/aromatic N) is 1. The molecule has 96 valence electrons. The van der Waals surface area contributed by atoms with Crippen molar-refractivity contribution in [2.24, 2.45) is 16.6 Å². The fraction of sp³-hybridized carbons (Fsp3) is 0.429. The summed E-state index contributed by atoms with van der Waals surface area (Å²) in [6.45, 7) is 4.35. The number of fused-ring (bicyclic) bond motifs is 1. The zero-order chi connectivity index (χ0) is 13.1. The molecular formula is C14H19N3O. The predicted octanol–water partition coefficient (Wildman–Crippen LogP) is 2.15. The molecule has 0 aromatic heterocycles. The van der Waals surface area contributed by atoms with Gasteiger partial charge in [0, 0.05) is 17.0 Å². The summed E-state index contributed by atoms with van der Waals surface area (Å²) in [6.07, 6.45) is 1.07. The van der Waals surface area contributed by atoms with Crippen molar-refractivity contribution in [3.63, 3.8) is 0 Å². The van der Waals surface area contributed by atoms with Crippen molar-refractivity contribution in [3.8, 4) is 0 Å². The summed E-state index contributed by atoms with van der Waals surface area (Å²) in [5.41, 5.74) is 8.47. The summed E-state index contributed by atoms with van der Waals surface area (Å²) in [6, 6.07) is 7.71. The number of nitrogens with one attached hydrogen (secondary N) is 1. The highest BCUT2D eigenvalue weighted by Gasteiger charge is 2.21. The number of benzene rings is 1. The standard InChI is InChI=1S/C14H19N3O/c1-9(2)7-8-12-10-5-3-4-6-11(10)17-14(18)13(15)16-12/h3-6,9,13H,7-8,15H2,1-2H3,(H,17,18). The van der Waals surface area contributed by atoms with Gasteiger partial charge in [-0.25, -0.2) is 0 Å². The Bertz CT molecular complexity index is 480. The monoisotopic (exact) mass is 245 g/mol. The van der Waals surface area contributed by atoms with Gasteiger partial charge in [-0.2, -0.15) is 0 Å². The number of hydrogen-bond acceptors (Lipinski definition) is 3. The zero-order valence-corrected chi connectivity index (χ0v) is 10.8. The molecule has 3 N–H and O–H groups in total. The number of amides is 1. The number of aliphatic imine (C=N–C) groups is 1. The van der Waals surface area contributed by atoms with Crippen LogP contribution >= 0.6 is 0 Å². The van der Waals surface area contributed by atoms with Crippen LogP contribution in [0.3, 0.4) is 0 Å². The summed E-state index contributed by atoms with van der Waals surface area (Å²) in [4.78, 5) is 16.1. The molecule has 18 heavy (non-hydrogen) atoms. The van der Waals surface area contributed by atoms with E-state index in [1.165, 1.54) is 0 Å². The highest BCUT2D eigenvalue weighted by molar-refractivity contribution is 6.11. The number of hydrogen-bond donors (Lipinski definition) is 2. The lowest BCUT2D eigenvalue weighted by atomic mass is 9.99. The van der Waals surface area contributed by atoms with E-state index in [1.807, 2.05) is 24.3 Å². The molecule has 4 heteroatoms. The van der Waals surface area contributed by atoms with Gasteiger partial charge in [0.1, 0.15) is 0 Å². The van der Waals surface area contributed by atoms with Crippen LogP contribution in [0.25, 0.3) is 0 Å². The van der Waals surface area contributed by atoms with Crippen molar-refractivity contribution in [2.45, 2.75) is 32.9 Å². The highest BCUT2D eigenvalue weighted by Crippen LogP contribution is 2.22. The molecule has 1 atom stereocenters. The van der Waals surface area contributed by atoms with E-state index >= 15 is 0 Å². The van der Waals surface area contributed by atoms with E-state index in [9.17, 15) is 4.79 Å². The van der Waals surface area contributed by atoms with Crippen LogP contribution in [0.15, 0.2) is 29.3 Å². The highest BCUT2D eigenvalue weighted by atomic mass is 16.2. The Morgan fingerprint density at radius 1 is 1.39 bits per heavy atom. The van der Waals surface area contributed by atoms with Gasteiger partial charge in [-0.15, -0.1) is 0 Å². The largest absolute Gasteiger partial charge is 0.322 e. The summed E-state index contributed by atoms with van der Waals surface area (Å²) < 4.78 is 0. The lowest BCUT2D eigenvalue weighted by Gasteiger charge is -2.10. The van der Waals surface area contributed by atoms with E-state index in [4.69, 9.17) is 5.73 Å². The predicted molar refractivity (Wildman–Crippen MR) is 73.7 cm³/mol. The first-order valence-electron chi connectivity index (χ1n) is 6.30. The first-order chi connectivity index (χ1) is 8.58. The van der Waals surface area contributed by atoms with Gasteiger partial charge in [0.2, 0.25) is 0 Å². The third-order valence-corrected chi connectivity index (χ3v) is 3.02. The minimum absolute atomic E-state index is 0.248. The number of para-hydroxylation sites is 1. The van der Waals surface area contributed by atoms with E-state index in [0.29, 0.717) is 5.92 Å². The number of carbonyl (C=O) groups excluding carboxylic acids is 1. The maximum Gasteiger partial charge on any atom is 0.263 e. The Morgan fingerprint density at radius 2 is 2.11 bits per heavy atom. The first-order valence-corrected chi connectivity index (χ1v) is 6.30. The molecular weight excluding hydrogens is 226 g/mol. The fourth-order valence-corrected chi connectivity index (χ4v) is 1.97. The number of rotatable bonds is 3. The molecule has 1 heterocycles. The van der Waals surface area contributed by atoms with Crippen molar-refractivity contribution in [3.05, 3.63) is 29.8 Å². The van der Waals surface area contributed by atoms with Crippen molar-refractivity contribution < 1.29 is 4.79 Å². The van der Waals surface area contributed by atoms with Crippen LogP contribution in [0.4, 0.5) is 5.69 Å². The van der Waals surface area contributed by atoms with E-state index < -0.39 is 6.17 Å². The molecule has 0 spiro atoms. The molecule has 1 aliphatic rings. The first kappa shape index (κ1) is 12.8. The van der Waals surface area contributed by atoms with E-state index in [0.717, 1.165) is 29.8 Å². The second kappa shape index (κ2) is 5.31. The lowest BCUT2D eigenvalue weighted by Crippen LogP contribution is -2.33. The maximum absolute atomic E-state index is 11.7. The van der Waals surface area contributed by atoms with Crippen molar-refractivity contribution >= 4 is 17.3 Å². The Kier molecular flexibility index (Phi) is 3.77. The maximum atomic E-state index is 11.7. The van der Waals surface area contributed by atoms with Crippen molar-refractivity contribution in [2.75, 3.05) is 5.32 Å². The van der Waals surface area contributed by atoms with Crippen LogP contribution in [0.1, 0.15) is 32.3 Å². The van der Waals surface area contributed by atoms with Gasteiger partial charge in [0.05, 0.1) is 0 Å². The Balaban J connectivity index is 2.35. The summed E-state index contributed by atoms with van der Waals surface area (Å²) in [5.74, 6) is 0.352. The minimum Gasteiger partial charge on any atom is -0.322 e. The van der Waals surface area contributed by atoms with Gasteiger partial charge in [-0.1, -0.05) is 32.0 Å². The summed E-state index contributed by atoms with van der Waals surface area (Å²) >= 11 is 0. The SMILES string of the molecule is CC(C)CCC1=NC(N)C(=O)Nc2ccccc21. The molecule has 1 amide bonds. The molecule has 1 unspecified atom stereocenters. The molecule has 1 aromatic carbocycles. The molecule has 0 saturated carbocycles. The van der Waals surface area contributed by atoms with Crippen LogP contribution < -0.4 is 11.1 Å². The minimum atomic E-state index is -0.806. The third kappa shape index (κ3) is 2.76.